The van der Waals surface area contributed by atoms with Crippen LogP contribution < -0.4 is 4.72 Å². The minimum absolute atomic E-state index is 0.288. The van der Waals surface area contributed by atoms with E-state index in [0.29, 0.717) is 4.90 Å². The summed E-state index contributed by atoms with van der Waals surface area (Å²) < 4.78 is 28.0. The van der Waals surface area contributed by atoms with Gasteiger partial charge < -0.3 is 0 Å². The molecular weight excluding hydrogens is 360 g/mol. The van der Waals surface area contributed by atoms with Crippen LogP contribution in [0.1, 0.15) is 21.7 Å². The maximum Gasteiger partial charge on any atom is 0.241 e. The molecule has 0 saturated heterocycles. The van der Waals surface area contributed by atoms with Gasteiger partial charge in [0.05, 0.1) is 9.77 Å². The Morgan fingerprint density at radius 3 is 2.58 bits per heavy atom. The average molecular weight is 379 g/mol. The summed E-state index contributed by atoms with van der Waals surface area (Å²) in [6.45, 7) is 6.02. The topological polar surface area (TPSA) is 59.1 Å². The van der Waals surface area contributed by atoms with Gasteiger partial charge >= 0.3 is 0 Å². The number of nitrogens with one attached hydrogen (secondary N) is 1. The monoisotopic (exact) mass is 378 g/mol. The van der Waals surface area contributed by atoms with Crippen molar-refractivity contribution in [2.75, 3.05) is 0 Å². The lowest BCUT2D eigenvalue weighted by Crippen LogP contribution is -2.23. The summed E-state index contributed by atoms with van der Waals surface area (Å²) in [5.74, 6) is 0. The SMILES string of the molecule is Cc1csc(-c2cc(S(=O)(=O)NCc3ccccc3C)c(C)s2)n1. The fourth-order valence-electron chi connectivity index (χ4n) is 2.36. The van der Waals surface area contributed by atoms with E-state index in [1.165, 1.54) is 22.7 Å². The van der Waals surface area contributed by atoms with Crippen molar-refractivity contribution in [2.24, 2.45) is 0 Å². The van der Waals surface area contributed by atoms with E-state index in [1.54, 1.807) is 6.07 Å². The largest absolute Gasteiger partial charge is 0.241 e. The Bertz CT molecular complexity index is 971. The Labute approximate surface area is 150 Å². The molecule has 24 heavy (non-hydrogen) atoms. The second-order valence-electron chi connectivity index (χ2n) is 5.58. The van der Waals surface area contributed by atoms with Crippen LogP contribution in [-0.4, -0.2) is 13.4 Å². The maximum atomic E-state index is 12.7. The molecule has 0 saturated carbocycles. The molecule has 7 heteroatoms. The van der Waals surface area contributed by atoms with Crippen LogP contribution in [0.15, 0.2) is 40.6 Å². The van der Waals surface area contributed by atoms with Crippen LogP contribution in [0, 0.1) is 20.8 Å². The second-order valence-corrected chi connectivity index (χ2v) is 9.43. The Morgan fingerprint density at radius 1 is 1.17 bits per heavy atom. The van der Waals surface area contributed by atoms with Gasteiger partial charge in [0.25, 0.3) is 0 Å². The number of sulfonamides is 1. The number of hydrogen-bond donors (Lipinski definition) is 1. The van der Waals surface area contributed by atoms with Crippen molar-refractivity contribution in [1.82, 2.24) is 9.71 Å². The molecule has 3 aromatic rings. The number of aromatic nitrogens is 1. The van der Waals surface area contributed by atoms with Crippen LogP contribution >= 0.6 is 22.7 Å². The van der Waals surface area contributed by atoms with Crippen LogP contribution in [0.5, 0.6) is 0 Å². The van der Waals surface area contributed by atoms with Crippen LogP contribution in [0.4, 0.5) is 0 Å². The van der Waals surface area contributed by atoms with Crippen LogP contribution in [-0.2, 0) is 16.6 Å². The number of benzene rings is 1. The van der Waals surface area contributed by atoms with E-state index in [-0.39, 0.29) is 6.54 Å². The molecule has 1 aromatic carbocycles. The first-order valence-electron chi connectivity index (χ1n) is 7.44. The molecule has 0 spiro atoms. The molecule has 0 radical (unpaired) electrons. The van der Waals surface area contributed by atoms with Crippen LogP contribution in [0.2, 0.25) is 0 Å². The molecule has 0 aliphatic rings. The molecule has 2 aromatic heterocycles. The third-order valence-corrected chi connectivity index (χ3v) is 7.54. The van der Waals surface area contributed by atoms with E-state index < -0.39 is 10.0 Å². The molecule has 0 bridgehead atoms. The highest BCUT2D eigenvalue weighted by molar-refractivity contribution is 7.89. The van der Waals surface area contributed by atoms with E-state index in [1.807, 2.05) is 50.4 Å². The van der Waals surface area contributed by atoms with Gasteiger partial charge in [0.1, 0.15) is 5.01 Å². The van der Waals surface area contributed by atoms with E-state index in [9.17, 15) is 8.42 Å². The van der Waals surface area contributed by atoms with Crippen LogP contribution in [0.3, 0.4) is 0 Å². The second kappa shape index (κ2) is 6.76. The van der Waals surface area contributed by atoms with Gasteiger partial charge in [-0.05, 0) is 38.0 Å². The van der Waals surface area contributed by atoms with Gasteiger partial charge in [0, 0.05) is 22.5 Å². The highest BCUT2D eigenvalue weighted by Crippen LogP contribution is 2.35. The summed E-state index contributed by atoms with van der Waals surface area (Å²) in [7, 11) is -3.55. The van der Waals surface area contributed by atoms with Crippen molar-refractivity contribution < 1.29 is 8.42 Å². The normalized spacial score (nSPS) is 11.8. The third-order valence-electron chi connectivity index (χ3n) is 3.71. The van der Waals surface area contributed by atoms with Crippen molar-refractivity contribution >= 4 is 32.7 Å². The van der Waals surface area contributed by atoms with Gasteiger partial charge in [0.2, 0.25) is 10.0 Å². The van der Waals surface area contributed by atoms with Gasteiger partial charge in [-0.2, -0.15) is 0 Å². The van der Waals surface area contributed by atoms with Gasteiger partial charge in [-0.15, -0.1) is 22.7 Å². The zero-order chi connectivity index (χ0) is 17.3. The molecule has 4 nitrogen and oxygen atoms in total. The zero-order valence-corrected chi connectivity index (χ0v) is 16.1. The summed E-state index contributed by atoms with van der Waals surface area (Å²) in [4.78, 5) is 6.44. The molecule has 3 rings (SSSR count). The summed E-state index contributed by atoms with van der Waals surface area (Å²) in [6, 6.07) is 9.48. The Morgan fingerprint density at radius 2 is 1.92 bits per heavy atom. The molecule has 0 amide bonds. The molecule has 0 unspecified atom stereocenters. The fraction of sp³-hybridized carbons (Fsp3) is 0.235. The lowest BCUT2D eigenvalue weighted by Gasteiger charge is -2.08. The lowest BCUT2D eigenvalue weighted by atomic mass is 10.1. The Hall–Kier alpha value is -1.54. The standard InChI is InChI=1S/C17H18N2O2S3/c1-11-6-4-5-7-14(11)9-18-24(20,21)16-8-15(23-13(16)3)17-19-12(2)10-22-17/h4-8,10,18H,9H2,1-3H3. The van der Waals surface area contributed by atoms with Crippen molar-refractivity contribution in [1.29, 1.82) is 0 Å². The average Bonchev–Trinajstić information content (AvgIpc) is 3.13. The molecule has 2 heterocycles. The predicted molar refractivity (Wildman–Crippen MR) is 100 cm³/mol. The third kappa shape index (κ3) is 3.59. The van der Waals surface area contributed by atoms with Crippen molar-refractivity contribution in [3.63, 3.8) is 0 Å². The van der Waals surface area contributed by atoms with Gasteiger partial charge in [-0.1, -0.05) is 24.3 Å². The number of nitrogens with zero attached hydrogens (tertiary/aromatic N) is 1. The van der Waals surface area contributed by atoms with Crippen LogP contribution in [0.25, 0.3) is 9.88 Å². The minimum Gasteiger partial charge on any atom is -0.241 e. The van der Waals surface area contributed by atoms with E-state index in [0.717, 1.165) is 31.6 Å². The molecule has 1 N–H and O–H groups in total. The van der Waals surface area contributed by atoms with Gasteiger partial charge in [0.15, 0.2) is 0 Å². The fourth-order valence-corrected chi connectivity index (χ4v) is 5.82. The smallest absolute Gasteiger partial charge is 0.241 e. The Balaban J connectivity index is 1.85. The molecule has 0 aliphatic heterocycles. The summed E-state index contributed by atoms with van der Waals surface area (Å²) in [5.41, 5.74) is 2.99. The number of rotatable bonds is 5. The maximum absolute atomic E-state index is 12.7. The predicted octanol–water partition coefficient (Wildman–Crippen LogP) is 4.28. The number of hydrogen-bond acceptors (Lipinski definition) is 5. The number of aryl methyl sites for hydroxylation is 3. The quantitative estimate of drug-likeness (QED) is 0.721. The highest BCUT2D eigenvalue weighted by atomic mass is 32.2. The molecular formula is C17H18N2O2S3. The molecule has 0 fully saturated rings. The Kier molecular flexibility index (Phi) is 4.87. The molecule has 126 valence electrons. The van der Waals surface area contributed by atoms with Gasteiger partial charge in [-0.3, -0.25) is 0 Å². The van der Waals surface area contributed by atoms with Crippen molar-refractivity contribution in [3.8, 4) is 9.88 Å². The van der Waals surface area contributed by atoms with E-state index in [4.69, 9.17) is 0 Å². The highest BCUT2D eigenvalue weighted by Gasteiger charge is 2.21. The minimum atomic E-state index is -3.55. The van der Waals surface area contributed by atoms with E-state index >= 15 is 0 Å². The number of thiophene rings is 1. The van der Waals surface area contributed by atoms with Crippen molar-refractivity contribution in [3.05, 3.63) is 57.4 Å². The molecule has 0 atom stereocenters. The van der Waals surface area contributed by atoms with E-state index in [2.05, 4.69) is 9.71 Å². The van der Waals surface area contributed by atoms with Crippen molar-refractivity contribution in [2.45, 2.75) is 32.2 Å². The zero-order valence-electron chi connectivity index (χ0n) is 13.7. The first-order chi connectivity index (χ1) is 11.4. The summed E-state index contributed by atoms with van der Waals surface area (Å²) in [5, 5.41) is 2.83. The first-order valence-corrected chi connectivity index (χ1v) is 10.6. The lowest BCUT2D eigenvalue weighted by molar-refractivity contribution is 0.581. The summed E-state index contributed by atoms with van der Waals surface area (Å²) in [6.07, 6.45) is 0. The number of thiazole rings is 1. The first kappa shape index (κ1) is 17.3. The van der Waals surface area contributed by atoms with Gasteiger partial charge in [-0.25, -0.2) is 18.1 Å². The molecule has 0 aliphatic carbocycles. The summed E-state index contributed by atoms with van der Waals surface area (Å²) >= 11 is 2.99.